The monoisotopic (exact) mass is 453 g/mol. The summed E-state index contributed by atoms with van der Waals surface area (Å²) < 4.78 is 52.3. The first kappa shape index (κ1) is 26.9. The third-order valence-electron chi connectivity index (χ3n) is 4.44. The fraction of sp³-hybridized carbons (Fsp3) is 0.391. The van der Waals surface area contributed by atoms with Gasteiger partial charge in [-0.05, 0) is 48.4 Å². The normalized spacial score (nSPS) is 12.9. The third-order valence-corrected chi connectivity index (χ3v) is 4.44. The number of hydrogen-bond acceptors (Lipinski definition) is 4. The number of anilines is 2. The average molecular weight is 453 g/mol. The molecule has 3 rings (SSSR count). The van der Waals surface area contributed by atoms with Crippen molar-refractivity contribution in [3.05, 3.63) is 58.9 Å². The predicted molar refractivity (Wildman–Crippen MR) is 116 cm³/mol. The molecule has 0 fully saturated rings. The lowest BCUT2D eigenvalue weighted by Gasteiger charge is -2.22. The largest absolute Gasteiger partial charge is 0.417 e. The summed E-state index contributed by atoms with van der Waals surface area (Å²) in [4.78, 5) is 13.9. The van der Waals surface area contributed by atoms with E-state index >= 15 is 0 Å². The Kier molecular flexibility index (Phi) is 10.1. The van der Waals surface area contributed by atoms with Crippen LogP contribution in [0.2, 0.25) is 0 Å². The minimum atomic E-state index is -4.75. The number of hydrogen-bond donors (Lipinski definition) is 2. The molecule has 0 radical (unpaired) electrons. The summed E-state index contributed by atoms with van der Waals surface area (Å²) in [6, 6.07) is 8.43. The lowest BCUT2D eigenvalue weighted by Crippen LogP contribution is -2.39. The van der Waals surface area contributed by atoms with Crippen LogP contribution in [0, 0.1) is 17.1 Å². The van der Waals surface area contributed by atoms with Crippen LogP contribution in [0.5, 0.6) is 0 Å². The van der Waals surface area contributed by atoms with E-state index in [0.717, 1.165) is 17.7 Å². The Morgan fingerprint density at radius 1 is 1.19 bits per heavy atom. The smallest absolute Gasteiger partial charge is 0.381 e. The first-order chi connectivity index (χ1) is 15.2. The van der Waals surface area contributed by atoms with Crippen LogP contribution >= 0.6 is 0 Å². The maximum Gasteiger partial charge on any atom is 0.417 e. The Labute approximate surface area is 185 Å². The quantitative estimate of drug-likeness (QED) is 0.630. The van der Waals surface area contributed by atoms with Crippen LogP contribution in [0.1, 0.15) is 44.4 Å². The highest BCUT2D eigenvalue weighted by atomic mass is 19.4. The minimum absolute atomic E-state index is 0.0904. The zero-order valence-corrected chi connectivity index (χ0v) is 18.4. The van der Waals surface area contributed by atoms with Crippen molar-refractivity contribution < 1.29 is 27.5 Å². The predicted octanol–water partition coefficient (Wildman–Crippen LogP) is 5.13. The minimum Gasteiger partial charge on any atom is -0.381 e. The van der Waals surface area contributed by atoms with Gasteiger partial charge in [-0.3, -0.25) is 4.79 Å². The van der Waals surface area contributed by atoms with Gasteiger partial charge in [0.1, 0.15) is 5.82 Å². The molecule has 1 aliphatic rings. The van der Waals surface area contributed by atoms with Crippen molar-refractivity contribution in [2.75, 3.05) is 23.3 Å². The van der Waals surface area contributed by atoms with Gasteiger partial charge in [0.15, 0.2) is 6.10 Å². The van der Waals surface area contributed by atoms with Gasteiger partial charge in [0.2, 0.25) is 0 Å². The van der Waals surface area contributed by atoms with Crippen LogP contribution in [0.4, 0.5) is 28.9 Å². The van der Waals surface area contributed by atoms with Gasteiger partial charge >= 0.3 is 6.18 Å². The van der Waals surface area contributed by atoms with Crippen molar-refractivity contribution in [1.29, 1.82) is 5.26 Å². The van der Waals surface area contributed by atoms with Crippen molar-refractivity contribution in [3.8, 4) is 6.07 Å². The van der Waals surface area contributed by atoms with E-state index in [4.69, 9.17) is 5.26 Å². The molecule has 5 nitrogen and oxygen atoms in total. The molecule has 1 amide bonds. The molecule has 0 saturated carbocycles. The van der Waals surface area contributed by atoms with Gasteiger partial charge in [0, 0.05) is 17.9 Å². The maximum absolute atomic E-state index is 13.3. The average Bonchev–Trinajstić information content (AvgIpc) is 3.17. The second-order valence-electron chi connectivity index (χ2n) is 6.34. The molecule has 1 atom stereocenters. The number of carbonyl (C=O) groups excluding carboxylic acids is 1. The second kappa shape index (κ2) is 12.1. The molecule has 0 bridgehead atoms. The molecule has 0 saturated heterocycles. The van der Waals surface area contributed by atoms with E-state index in [1.54, 1.807) is 11.0 Å². The van der Waals surface area contributed by atoms with Gasteiger partial charge in [0.25, 0.3) is 5.91 Å². The van der Waals surface area contributed by atoms with Gasteiger partial charge in [-0.25, -0.2) is 4.39 Å². The maximum atomic E-state index is 13.3. The van der Waals surface area contributed by atoms with Crippen LogP contribution < -0.4 is 10.2 Å². The molecular formula is C23H27F4N3O2. The number of aliphatic hydroxyl groups excluding tert-OH is 1. The van der Waals surface area contributed by atoms with E-state index in [1.807, 2.05) is 27.7 Å². The van der Waals surface area contributed by atoms with Crippen molar-refractivity contribution in [2.24, 2.45) is 0 Å². The number of amides is 1. The number of fused-ring (bicyclic) bond motifs is 1. The number of rotatable bonds is 4. The van der Waals surface area contributed by atoms with Crippen molar-refractivity contribution in [1.82, 2.24) is 0 Å². The van der Waals surface area contributed by atoms with Crippen LogP contribution in [0.15, 0.2) is 36.4 Å². The molecule has 0 aliphatic carbocycles. The van der Waals surface area contributed by atoms with Gasteiger partial charge in [0.05, 0.1) is 23.7 Å². The molecule has 0 unspecified atom stereocenters. The molecule has 174 valence electrons. The number of β-amino-alcohol motifs (C(OH)–C–C–N with tert-alkyl or cyclic N) is 1. The highest BCUT2D eigenvalue weighted by Gasteiger charge is 2.34. The van der Waals surface area contributed by atoms with E-state index in [0.29, 0.717) is 24.7 Å². The second-order valence-corrected chi connectivity index (χ2v) is 6.34. The summed E-state index contributed by atoms with van der Waals surface area (Å²) in [6.45, 7) is 8.39. The van der Waals surface area contributed by atoms with Gasteiger partial charge < -0.3 is 15.3 Å². The Morgan fingerprint density at radius 3 is 2.44 bits per heavy atom. The van der Waals surface area contributed by atoms with E-state index in [1.165, 1.54) is 18.2 Å². The molecule has 2 N–H and O–H groups in total. The van der Waals surface area contributed by atoms with E-state index in [-0.39, 0.29) is 18.0 Å². The van der Waals surface area contributed by atoms with Gasteiger partial charge in [-0.15, -0.1) is 0 Å². The molecule has 0 spiro atoms. The summed E-state index contributed by atoms with van der Waals surface area (Å²) in [5.74, 6) is -1.26. The molecule has 9 heteroatoms. The van der Waals surface area contributed by atoms with Crippen molar-refractivity contribution in [3.63, 3.8) is 0 Å². The fourth-order valence-corrected chi connectivity index (χ4v) is 3.10. The van der Waals surface area contributed by atoms with E-state index < -0.39 is 29.3 Å². The zero-order chi connectivity index (χ0) is 24.5. The summed E-state index contributed by atoms with van der Waals surface area (Å²) in [5.41, 5.74) is -0.454. The standard InChI is InChI=1S/C19H15F4N3O2.2C2H6/c20-13-2-4-16-11(7-13)5-6-26(16)10-17(27)18(28)25-14-3-1-12(9-24)15(8-14)19(21,22)23;2*1-2/h1-4,7-8,17,27H,5-6,10H2,(H,25,28);2*1-2H3/t17-;;/m0../s1. The summed E-state index contributed by atoms with van der Waals surface area (Å²) in [7, 11) is 0. The number of alkyl halides is 3. The van der Waals surface area contributed by atoms with E-state index in [9.17, 15) is 27.5 Å². The van der Waals surface area contributed by atoms with Crippen LogP contribution in [-0.4, -0.2) is 30.2 Å². The highest BCUT2D eigenvalue weighted by molar-refractivity contribution is 5.94. The molecule has 32 heavy (non-hydrogen) atoms. The molecule has 0 aromatic heterocycles. The Bertz CT molecular complexity index is 955. The molecule has 2 aromatic carbocycles. The SMILES string of the molecule is CC.CC.N#Cc1ccc(NC(=O)[C@@H](O)CN2CCc3cc(F)ccc32)cc1C(F)(F)F. The third kappa shape index (κ3) is 6.69. The summed E-state index contributed by atoms with van der Waals surface area (Å²) >= 11 is 0. The molecule has 1 heterocycles. The van der Waals surface area contributed by atoms with Gasteiger partial charge in [-0.1, -0.05) is 27.7 Å². The topological polar surface area (TPSA) is 76.4 Å². The number of benzene rings is 2. The Hall–Kier alpha value is -3.12. The van der Waals surface area contributed by atoms with Crippen LogP contribution in [0.3, 0.4) is 0 Å². The number of nitrogens with one attached hydrogen (secondary N) is 1. The number of nitrogens with zero attached hydrogens (tertiary/aromatic N) is 2. The number of carbonyl (C=O) groups is 1. The first-order valence-corrected chi connectivity index (χ1v) is 10.3. The van der Waals surface area contributed by atoms with Crippen molar-refractivity contribution >= 4 is 17.3 Å². The molecule has 1 aliphatic heterocycles. The number of halogens is 4. The fourth-order valence-electron chi connectivity index (χ4n) is 3.10. The van der Waals surface area contributed by atoms with Crippen LogP contribution in [-0.2, 0) is 17.4 Å². The van der Waals surface area contributed by atoms with Crippen molar-refractivity contribution in [2.45, 2.75) is 46.4 Å². The Balaban J connectivity index is 0.00000121. The molecular weight excluding hydrogens is 426 g/mol. The Morgan fingerprint density at radius 2 is 1.84 bits per heavy atom. The van der Waals surface area contributed by atoms with Crippen LogP contribution in [0.25, 0.3) is 0 Å². The molecule has 2 aromatic rings. The lowest BCUT2D eigenvalue weighted by atomic mass is 10.1. The number of nitriles is 1. The first-order valence-electron chi connectivity index (χ1n) is 10.3. The number of aliphatic hydroxyl groups is 1. The van der Waals surface area contributed by atoms with E-state index in [2.05, 4.69) is 5.32 Å². The lowest BCUT2D eigenvalue weighted by molar-refractivity contribution is -0.137. The van der Waals surface area contributed by atoms with Gasteiger partial charge in [-0.2, -0.15) is 18.4 Å². The summed E-state index contributed by atoms with van der Waals surface area (Å²) in [6.07, 6.45) is -5.70. The summed E-state index contributed by atoms with van der Waals surface area (Å²) in [5, 5.41) is 21.2. The zero-order valence-electron chi connectivity index (χ0n) is 18.4. The highest BCUT2D eigenvalue weighted by Crippen LogP contribution is 2.33.